The molecule has 6 heteroatoms. The van der Waals surface area contributed by atoms with Crippen LogP contribution in [0.2, 0.25) is 0 Å². The summed E-state index contributed by atoms with van der Waals surface area (Å²) in [5, 5.41) is 0. The number of halogens is 3. The van der Waals surface area contributed by atoms with Crippen molar-refractivity contribution in [2.45, 2.75) is 6.18 Å². The maximum atomic E-state index is 11.7. The van der Waals surface area contributed by atoms with Crippen LogP contribution in [0.1, 0.15) is 0 Å². The Labute approximate surface area is 78.5 Å². The van der Waals surface area contributed by atoms with Crippen LogP contribution in [-0.2, 0) is 0 Å². The Kier molecular flexibility index (Phi) is 3.16. The summed E-state index contributed by atoms with van der Waals surface area (Å²) in [7, 11) is 1.41. The van der Waals surface area contributed by atoms with E-state index in [4.69, 9.17) is 4.74 Å². The van der Waals surface area contributed by atoms with Gasteiger partial charge in [-0.05, 0) is 6.07 Å². The number of ether oxygens (including phenoxy) is 2. The van der Waals surface area contributed by atoms with Crippen LogP contribution in [0.3, 0.4) is 0 Å². The van der Waals surface area contributed by atoms with E-state index in [1.165, 1.54) is 25.4 Å². The molecule has 0 radical (unpaired) electrons. The molecule has 0 unspecified atom stereocenters. The summed E-state index contributed by atoms with van der Waals surface area (Å²) in [6.07, 6.45) is -3.05. The standard InChI is InChI=1S/C8H8F3NO2/c1-13-6-2-3-12-7(4-6)14-5-8(9,10)11/h2-4H,5H2,1H3. The molecule has 1 aromatic rings. The van der Waals surface area contributed by atoms with E-state index in [0.29, 0.717) is 5.75 Å². The first-order chi connectivity index (χ1) is 6.51. The second kappa shape index (κ2) is 4.17. The number of hydrogen-bond acceptors (Lipinski definition) is 3. The van der Waals surface area contributed by atoms with Crippen molar-refractivity contribution >= 4 is 0 Å². The SMILES string of the molecule is COc1ccnc(OCC(F)(F)F)c1. The summed E-state index contributed by atoms with van der Waals surface area (Å²) in [4.78, 5) is 3.59. The second-order valence-electron chi connectivity index (χ2n) is 2.44. The van der Waals surface area contributed by atoms with E-state index < -0.39 is 12.8 Å². The van der Waals surface area contributed by atoms with Crippen molar-refractivity contribution < 1.29 is 22.6 Å². The normalized spacial score (nSPS) is 11.1. The van der Waals surface area contributed by atoms with Gasteiger partial charge in [0, 0.05) is 12.3 Å². The predicted molar refractivity (Wildman–Crippen MR) is 42.3 cm³/mol. The van der Waals surface area contributed by atoms with E-state index in [1.807, 2.05) is 0 Å². The Morgan fingerprint density at radius 1 is 1.43 bits per heavy atom. The molecule has 0 amide bonds. The first-order valence-corrected chi connectivity index (χ1v) is 3.71. The van der Waals surface area contributed by atoms with Gasteiger partial charge in [-0.15, -0.1) is 0 Å². The summed E-state index contributed by atoms with van der Waals surface area (Å²) in [5.41, 5.74) is 0. The van der Waals surface area contributed by atoms with Crippen molar-refractivity contribution in [2.75, 3.05) is 13.7 Å². The molecule has 14 heavy (non-hydrogen) atoms. The van der Waals surface area contributed by atoms with Crippen LogP contribution in [0, 0.1) is 0 Å². The van der Waals surface area contributed by atoms with Crippen LogP contribution in [-0.4, -0.2) is 24.9 Å². The number of pyridine rings is 1. The van der Waals surface area contributed by atoms with Crippen molar-refractivity contribution in [2.24, 2.45) is 0 Å². The predicted octanol–water partition coefficient (Wildman–Crippen LogP) is 2.03. The molecule has 1 rings (SSSR count). The summed E-state index contributed by atoms with van der Waals surface area (Å²) in [5.74, 6) is 0.291. The second-order valence-corrected chi connectivity index (χ2v) is 2.44. The van der Waals surface area contributed by atoms with Gasteiger partial charge >= 0.3 is 6.18 Å². The van der Waals surface area contributed by atoms with Gasteiger partial charge in [0.1, 0.15) is 5.75 Å². The van der Waals surface area contributed by atoms with E-state index in [-0.39, 0.29) is 5.88 Å². The van der Waals surface area contributed by atoms with Crippen LogP contribution < -0.4 is 9.47 Å². The molecular formula is C8H8F3NO2. The van der Waals surface area contributed by atoms with Crippen molar-refractivity contribution in [1.29, 1.82) is 0 Å². The molecule has 1 heterocycles. The number of rotatable bonds is 3. The first-order valence-electron chi connectivity index (χ1n) is 3.71. The lowest BCUT2D eigenvalue weighted by Gasteiger charge is -2.08. The van der Waals surface area contributed by atoms with E-state index in [2.05, 4.69) is 9.72 Å². The van der Waals surface area contributed by atoms with Crippen LogP contribution in [0.25, 0.3) is 0 Å². The molecule has 0 saturated carbocycles. The van der Waals surface area contributed by atoms with Crippen molar-refractivity contribution in [3.05, 3.63) is 18.3 Å². The highest BCUT2D eigenvalue weighted by Crippen LogP contribution is 2.19. The molecule has 0 N–H and O–H groups in total. The molecule has 0 bridgehead atoms. The molecule has 0 aliphatic heterocycles. The highest BCUT2D eigenvalue weighted by molar-refractivity contribution is 5.25. The van der Waals surface area contributed by atoms with Crippen LogP contribution in [0.5, 0.6) is 11.6 Å². The average Bonchev–Trinajstić information content (AvgIpc) is 2.14. The molecule has 0 fully saturated rings. The minimum Gasteiger partial charge on any atom is -0.497 e. The summed E-state index contributed by atoms with van der Waals surface area (Å²) >= 11 is 0. The van der Waals surface area contributed by atoms with Crippen molar-refractivity contribution in [1.82, 2.24) is 4.98 Å². The Balaban J connectivity index is 2.59. The van der Waals surface area contributed by atoms with Gasteiger partial charge < -0.3 is 9.47 Å². The van der Waals surface area contributed by atoms with Gasteiger partial charge in [0.2, 0.25) is 5.88 Å². The van der Waals surface area contributed by atoms with Crippen molar-refractivity contribution in [3.8, 4) is 11.6 Å². The first kappa shape index (κ1) is 10.6. The van der Waals surface area contributed by atoms with E-state index in [0.717, 1.165) is 0 Å². The fraction of sp³-hybridized carbons (Fsp3) is 0.375. The highest BCUT2D eigenvalue weighted by Gasteiger charge is 2.28. The highest BCUT2D eigenvalue weighted by atomic mass is 19.4. The Morgan fingerprint density at radius 2 is 2.14 bits per heavy atom. The third-order valence-electron chi connectivity index (χ3n) is 1.33. The third-order valence-corrected chi connectivity index (χ3v) is 1.33. The number of nitrogens with zero attached hydrogens (tertiary/aromatic N) is 1. The van der Waals surface area contributed by atoms with Gasteiger partial charge in [-0.3, -0.25) is 0 Å². The molecule has 0 spiro atoms. The maximum Gasteiger partial charge on any atom is 0.422 e. The topological polar surface area (TPSA) is 31.4 Å². The zero-order valence-corrected chi connectivity index (χ0v) is 7.34. The van der Waals surface area contributed by atoms with Gasteiger partial charge in [-0.1, -0.05) is 0 Å². The number of methoxy groups -OCH3 is 1. The number of aromatic nitrogens is 1. The minimum absolute atomic E-state index is 0.110. The van der Waals surface area contributed by atoms with Gasteiger partial charge in [0.25, 0.3) is 0 Å². The molecule has 0 atom stereocenters. The molecule has 0 aromatic carbocycles. The number of alkyl halides is 3. The van der Waals surface area contributed by atoms with Crippen LogP contribution >= 0.6 is 0 Å². The number of hydrogen-bond donors (Lipinski definition) is 0. The molecule has 3 nitrogen and oxygen atoms in total. The summed E-state index contributed by atoms with van der Waals surface area (Å²) < 4.78 is 44.4. The zero-order valence-electron chi connectivity index (χ0n) is 7.34. The third kappa shape index (κ3) is 3.51. The fourth-order valence-corrected chi connectivity index (χ4v) is 0.753. The van der Waals surface area contributed by atoms with E-state index in [1.54, 1.807) is 0 Å². The molecule has 0 aliphatic rings. The average molecular weight is 207 g/mol. The summed E-state index contributed by atoms with van der Waals surface area (Å²) in [6, 6.07) is 2.80. The summed E-state index contributed by atoms with van der Waals surface area (Å²) in [6.45, 7) is -1.35. The monoisotopic (exact) mass is 207 g/mol. The lowest BCUT2D eigenvalue weighted by Crippen LogP contribution is -2.19. The lowest BCUT2D eigenvalue weighted by atomic mass is 10.4. The minimum atomic E-state index is -4.36. The van der Waals surface area contributed by atoms with Gasteiger partial charge in [-0.2, -0.15) is 13.2 Å². The fourth-order valence-electron chi connectivity index (χ4n) is 0.753. The van der Waals surface area contributed by atoms with Gasteiger partial charge in [0.05, 0.1) is 7.11 Å². The zero-order chi connectivity index (χ0) is 10.6. The van der Waals surface area contributed by atoms with E-state index >= 15 is 0 Å². The maximum absolute atomic E-state index is 11.7. The molecule has 0 saturated heterocycles. The molecule has 0 aliphatic carbocycles. The Morgan fingerprint density at radius 3 is 2.71 bits per heavy atom. The lowest BCUT2D eigenvalue weighted by molar-refractivity contribution is -0.154. The van der Waals surface area contributed by atoms with Crippen LogP contribution in [0.4, 0.5) is 13.2 Å². The largest absolute Gasteiger partial charge is 0.497 e. The van der Waals surface area contributed by atoms with E-state index in [9.17, 15) is 13.2 Å². The van der Waals surface area contributed by atoms with Gasteiger partial charge in [0.15, 0.2) is 6.61 Å². The Bertz CT molecular complexity index is 301. The van der Waals surface area contributed by atoms with Crippen molar-refractivity contribution in [3.63, 3.8) is 0 Å². The van der Waals surface area contributed by atoms with Gasteiger partial charge in [-0.25, -0.2) is 4.98 Å². The smallest absolute Gasteiger partial charge is 0.422 e. The quantitative estimate of drug-likeness (QED) is 0.759. The molecule has 78 valence electrons. The van der Waals surface area contributed by atoms with Crippen LogP contribution in [0.15, 0.2) is 18.3 Å². The molecular weight excluding hydrogens is 199 g/mol. The molecule has 1 aromatic heterocycles. The Hall–Kier alpha value is -1.46.